The average molecular weight is 506 g/mol. The van der Waals surface area contributed by atoms with Crippen molar-refractivity contribution in [3.8, 4) is 0 Å². The van der Waals surface area contributed by atoms with Crippen LogP contribution in [0.3, 0.4) is 0 Å². The van der Waals surface area contributed by atoms with Crippen LogP contribution in [0, 0.1) is 0 Å². The van der Waals surface area contributed by atoms with Crippen molar-refractivity contribution in [1.82, 2.24) is 15.2 Å². The first-order valence-electron chi connectivity index (χ1n) is 10.1. The second kappa shape index (κ2) is 10.3. The molecule has 1 aromatic rings. The standard InChI is InChI=1S/C19H24N6O5S2.Na.H/c1-25(5-3-4-6-25)7-10-8-31-17-13(16(27)24(17)14(10)18(28)29)22-15(26)12(23-30-2)11-9-32-19(20)21-11;;/h9,13,17H,3-8H2,1-2H3,(H3-,20,21,22,26,28,29);;/p+1/b23-12+;;/t13-,17-;;/m1../s1. The molecule has 33 heavy (non-hydrogen) atoms. The van der Waals surface area contributed by atoms with Crippen molar-refractivity contribution in [2.75, 3.05) is 45.3 Å². The first-order chi connectivity index (χ1) is 15.2. The van der Waals surface area contributed by atoms with Crippen LogP contribution >= 0.6 is 23.1 Å². The quantitative estimate of drug-likeness (QED) is 0.146. The van der Waals surface area contributed by atoms with E-state index in [4.69, 9.17) is 10.6 Å². The molecule has 2 atom stereocenters. The van der Waals surface area contributed by atoms with E-state index in [1.54, 1.807) is 5.38 Å². The molecule has 0 aromatic carbocycles. The Labute approximate surface area is 221 Å². The molecule has 0 unspecified atom stereocenters. The number of amides is 2. The Morgan fingerprint density at radius 3 is 2.70 bits per heavy atom. The van der Waals surface area contributed by atoms with Gasteiger partial charge in [-0.25, -0.2) is 9.78 Å². The first-order valence-corrected chi connectivity index (χ1v) is 12.0. The number of β-lactam (4-membered cyclic amide) rings is 1. The number of quaternary nitrogens is 1. The minimum atomic E-state index is -1.12. The number of likely N-dealkylation sites (tertiary alicyclic amines) is 1. The molecule has 4 rings (SSSR count). The normalized spacial score (nSPS) is 24.0. The second-order valence-electron chi connectivity index (χ2n) is 8.24. The number of rotatable bonds is 7. The number of anilines is 1. The van der Waals surface area contributed by atoms with Crippen LogP contribution in [0.15, 0.2) is 21.8 Å². The number of nitrogens with zero attached hydrogens (tertiary/aromatic N) is 4. The molecule has 1 aromatic heterocycles. The molecule has 0 radical (unpaired) electrons. The van der Waals surface area contributed by atoms with Gasteiger partial charge in [-0.1, -0.05) is 5.16 Å². The van der Waals surface area contributed by atoms with E-state index in [1.165, 1.54) is 23.8 Å². The number of hydrogen-bond acceptors (Lipinski definition) is 9. The van der Waals surface area contributed by atoms with Gasteiger partial charge in [0.05, 0.1) is 20.1 Å². The summed E-state index contributed by atoms with van der Waals surface area (Å²) in [4.78, 5) is 47.9. The molecule has 0 bridgehead atoms. The fraction of sp³-hybridized carbons (Fsp3) is 0.526. The molecule has 4 heterocycles. The maximum atomic E-state index is 12.9. The number of thiazole rings is 1. The van der Waals surface area contributed by atoms with Gasteiger partial charge in [-0.05, 0) is 0 Å². The number of aliphatic carboxylic acids is 1. The number of carbonyl (C=O) groups is 3. The molecule has 174 valence electrons. The number of aromatic nitrogens is 1. The average Bonchev–Trinajstić information content (AvgIpc) is 3.37. The number of fused-ring (bicyclic) bond motifs is 1. The van der Waals surface area contributed by atoms with Crippen molar-refractivity contribution in [3.05, 3.63) is 22.3 Å². The van der Waals surface area contributed by atoms with Crippen molar-refractivity contribution in [2.24, 2.45) is 5.16 Å². The molecule has 2 amide bonds. The van der Waals surface area contributed by atoms with Gasteiger partial charge in [0.2, 0.25) is 0 Å². The summed E-state index contributed by atoms with van der Waals surface area (Å²) in [5.74, 6) is -1.71. The van der Waals surface area contributed by atoms with Crippen molar-refractivity contribution < 1.29 is 28.8 Å². The number of nitrogens with one attached hydrogen (secondary N) is 1. The number of oxime groups is 1. The van der Waals surface area contributed by atoms with Crippen LogP contribution in [-0.2, 0) is 19.2 Å². The van der Waals surface area contributed by atoms with Crippen molar-refractivity contribution in [2.45, 2.75) is 24.3 Å². The molecule has 0 saturated carbocycles. The summed E-state index contributed by atoms with van der Waals surface area (Å²) in [5.41, 5.74) is 6.59. The van der Waals surface area contributed by atoms with Crippen LogP contribution < -0.4 is 11.1 Å². The van der Waals surface area contributed by atoms with Crippen LogP contribution in [0.4, 0.5) is 5.13 Å². The zero-order valence-electron chi connectivity index (χ0n) is 17.7. The molecule has 14 heteroatoms. The summed E-state index contributed by atoms with van der Waals surface area (Å²) in [6.07, 6.45) is 2.24. The maximum absolute atomic E-state index is 12.9. The summed E-state index contributed by atoms with van der Waals surface area (Å²) >= 11 is 2.61. The third-order valence-electron chi connectivity index (χ3n) is 5.92. The van der Waals surface area contributed by atoms with E-state index in [1.807, 2.05) is 0 Å². The van der Waals surface area contributed by atoms with Gasteiger partial charge in [-0.15, -0.1) is 23.1 Å². The number of carboxylic acids is 1. The number of nitrogen functional groups attached to an aromatic ring is 1. The monoisotopic (exact) mass is 505 g/mol. The van der Waals surface area contributed by atoms with Gasteiger partial charge < -0.3 is 25.5 Å². The van der Waals surface area contributed by atoms with Crippen LogP contribution in [0.5, 0.6) is 0 Å². The van der Waals surface area contributed by atoms with Gasteiger partial charge in [0.25, 0.3) is 11.8 Å². The molecule has 11 nitrogen and oxygen atoms in total. The first kappa shape index (κ1) is 26.0. The van der Waals surface area contributed by atoms with Gasteiger partial charge in [0.15, 0.2) is 10.8 Å². The van der Waals surface area contributed by atoms with Gasteiger partial charge in [0, 0.05) is 29.5 Å². The van der Waals surface area contributed by atoms with Gasteiger partial charge in [0.1, 0.15) is 36.5 Å². The Morgan fingerprint density at radius 1 is 1.42 bits per heavy atom. The van der Waals surface area contributed by atoms with Gasteiger partial charge in [-0.3, -0.25) is 14.5 Å². The van der Waals surface area contributed by atoms with Crippen molar-refractivity contribution >= 4 is 81.3 Å². The molecule has 2 fully saturated rings. The van der Waals surface area contributed by atoms with Crippen LogP contribution in [0.25, 0.3) is 0 Å². The predicted molar refractivity (Wildman–Crippen MR) is 127 cm³/mol. The van der Waals surface area contributed by atoms with Crippen LogP contribution in [0.1, 0.15) is 18.5 Å². The summed E-state index contributed by atoms with van der Waals surface area (Å²) in [6.45, 7) is 2.61. The number of carbonyl (C=O) groups excluding carboxylic acids is 2. The fourth-order valence-electron chi connectivity index (χ4n) is 4.42. The van der Waals surface area contributed by atoms with Gasteiger partial charge >= 0.3 is 35.5 Å². The SMILES string of the molecule is CO/N=C(/C(=O)N[C@@H]1C(=O)N2C(C(=O)O)=C(C[N+]3(C)CCCC3)CS[C@H]12)c1csc(N)n1.[NaH]. The molecular formula is C19H26N6NaO5S2+. The Kier molecular flexibility index (Phi) is 8.12. The fourth-order valence-corrected chi connectivity index (χ4v) is 6.31. The van der Waals surface area contributed by atoms with Crippen molar-refractivity contribution in [1.29, 1.82) is 0 Å². The predicted octanol–water partition coefficient (Wildman–Crippen LogP) is -0.594. The van der Waals surface area contributed by atoms with E-state index < -0.39 is 29.2 Å². The molecule has 2 saturated heterocycles. The Balaban J connectivity index is 0.00000306. The molecule has 0 aliphatic carbocycles. The Morgan fingerprint density at radius 2 is 2.12 bits per heavy atom. The minimum absolute atomic E-state index is 0. The zero-order chi connectivity index (χ0) is 23.0. The number of likely N-dealkylation sites (N-methyl/N-ethyl adjacent to an activating group) is 1. The topological polar surface area (TPSA) is 147 Å². The molecule has 0 spiro atoms. The van der Waals surface area contributed by atoms with E-state index in [0.717, 1.165) is 47.3 Å². The summed E-state index contributed by atoms with van der Waals surface area (Å²) in [6, 6.07) is -0.863. The number of carboxylic acid groups (broad SMARTS) is 1. The number of nitrogens with two attached hydrogens (primary N) is 1. The van der Waals surface area contributed by atoms with Crippen LogP contribution in [-0.4, -0.2) is 123 Å². The molecule has 4 N–H and O–H groups in total. The van der Waals surface area contributed by atoms with E-state index in [9.17, 15) is 19.5 Å². The van der Waals surface area contributed by atoms with Crippen LogP contribution in [0.2, 0.25) is 0 Å². The van der Waals surface area contributed by atoms with E-state index in [0.29, 0.717) is 12.3 Å². The summed E-state index contributed by atoms with van der Waals surface area (Å²) < 4.78 is 0.785. The summed E-state index contributed by atoms with van der Waals surface area (Å²) in [5, 5.41) is 17.6. The van der Waals surface area contributed by atoms with Gasteiger partial charge in [-0.2, -0.15) is 0 Å². The van der Waals surface area contributed by atoms with E-state index in [2.05, 4.69) is 22.5 Å². The molecule has 3 aliphatic heterocycles. The Bertz CT molecular complexity index is 1020. The van der Waals surface area contributed by atoms with E-state index in [-0.39, 0.29) is 51.8 Å². The molecular weight excluding hydrogens is 479 g/mol. The zero-order valence-corrected chi connectivity index (χ0v) is 19.4. The third kappa shape index (κ3) is 5.08. The number of hydrogen-bond donors (Lipinski definition) is 3. The third-order valence-corrected chi connectivity index (χ3v) is 7.93. The number of thioether (sulfide) groups is 1. The summed E-state index contributed by atoms with van der Waals surface area (Å²) in [7, 11) is 3.42. The second-order valence-corrected chi connectivity index (χ2v) is 10.2. The van der Waals surface area contributed by atoms with Crippen molar-refractivity contribution in [3.63, 3.8) is 0 Å². The molecule has 3 aliphatic rings. The van der Waals surface area contributed by atoms with E-state index >= 15 is 0 Å². The Hall–Kier alpha value is -1.64.